The van der Waals surface area contributed by atoms with Crippen LogP contribution in [-0.2, 0) is 16.6 Å². The van der Waals surface area contributed by atoms with Gasteiger partial charge in [-0.05, 0) is 51.4 Å². The highest BCUT2D eigenvalue weighted by Gasteiger charge is 2.22. The number of thiophene rings is 1. The van der Waals surface area contributed by atoms with Crippen molar-refractivity contribution in [3.63, 3.8) is 0 Å². The first-order valence-electron chi connectivity index (χ1n) is 6.88. The van der Waals surface area contributed by atoms with Crippen LogP contribution in [0.25, 0.3) is 0 Å². The first kappa shape index (κ1) is 15.9. The lowest BCUT2D eigenvalue weighted by atomic mass is 10.3. The van der Waals surface area contributed by atoms with E-state index in [9.17, 15) is 8.42 Å². The quantitative estimate of drug-likeness (QED) is 0.830. The fourth-order valence-corrected chi connectivity index (χ4v) is 5.01. The molecule has 0 saturated carbocycles. The van der Waals surface area contributed by atoms with Gasteiger partial charge in [0.1, 0.15) is 4.21 Å². The fraction of sp³-hybridized carbons (Fsp3) is 0.692. The summed E-state index contributed by atoms with van der Waals surface area (Å²) in [4.78, 5) is 3.01. The summed E-state index contributed by atoms with van der Waals surface area (Å²) >= 11 is 1.14. The molecule has 0 radical (unpaired) electrons. The number of nitrogens with zero attached hydrogens (tertiary/aromatic N) is 1. The van der Waals surface area contributed by atoms with E-state index >= 15 is 0 Å². The summed E-state index contributed by atoms with van der Waals surface area (Å²) in [5.74, 6) is 0. The average molecular weight is 318 g/mol. The zero-order valence-corrected chi connectivity index (χ0v) is 13.6. The maximum Gasteiger partial charge on any atom is 0.250 e. The Morgan fingerprint density at radius 2 is 2.10 bits per heavy atom. The normalized spacial score (nSPS) is 18.6. The van der Waals surface area contributed by atoms with Gasteiger partial charge in [0.2, 0.25) is 10.0 Å². The molecule has 1 aromatic heterocycles. The molecule has 0 aliphatic carbocycles. The molecule has 1 saturated heterocycles. The molecule has 2 N–H and O–H groups in total. The van der Waals surface area contributed by atoms with Crippen LogP contribution in [0, 0.1) is 6.92 Å². The number of nitrogens with one attached hydrogen (secondary N) is 1. The largest absolute Gasteiger partial charge is 0.391 e. The monoisotopic (exact) mass is 318 g/mol. The van der Waals surface area contributed by atoms with E-state index in [2.05, 4.69) is 9.62 Å². The maximum absolute atomic E-state index is 12.2. The molecule has 114 valence electrons. The summed E-state index contributed by atoms with van der Waals surface area (Å²) < 4.78 is 27.4. The predicted molar refractivity (Wildman–Crippen MR) is 80.4 cm³/mol. The lowest BCUT2D eigenvalue weighted by Crippen LogP contribution is -2.40. The lowest BCUT2D eigenvalue weighted by molar-refractivity contribution is 0.260. The Hall–Kier alpha value is -0.470. The molecule has 5 nitrogen and oxygen atoms in total. The van der Waals surface area contributed by atoms with E-state index in [1.807, 2.05) is 13.8 Å². The van der Waals surface area contributed by atoms with Gasteiger partial charge in [-0.3, -0.25) is 4.90 Å². The van der Waals surface area contributed by atoms with Crippen molar-refractivity contribution in [2.24, 2.45) is 0 Å². The number of aliphatic hydroxyl groups excluding tert-OH is 1. The van der Waals surface area contributed by atoms with Crippen molar-refractivity contribution in [3.05, 3.63) is 16.5 Å². The SMILES string of the molecule is Cc1cc(S(=O)(=O)NCC(C)N2CCCC2)sc1CO. The van der Waals surface area contributed by atoms with Gasteiger partial charge in [-0.1, -0.05) is 0 Å². The third kappa shape index (κ3) is 3.59. The van der Waals surface area contributed by atoms with Crippen molar-refractivity contribution in [2.75, 3.05) is 19.6 Å². The first-order chi connectivity index (χ1) is 9.44. The van der Waals surface area contributed by atoms with Crippen molar-refractivity contribution in [2.45, 2.75) is 43.5 Å². The minimum absolute atomic E-state index is 0.115. The molecule has 1 atom stereocenters. The first-order valence-corrected chi connectivity index (χ1v) is 9.18. The van der Waals surface area contributed by atoms with Crippen LogP contribution >= 0.6 is 11.3 Å². The van der Waals surface area contributed by atoms with Gasteiger partial charge in [-0.2, -0.15) is 0 Å². The zero-order chi connectivity index (χ0) is 14.8. The van der Waals surface area contributed by atoms with E-state index in [4.69, 9.17) is 5.11 Å². The highest BCUT2D eigenvalue weighted by Crippen LogP contribution is 2.25. The van der Waals surface area contributed by atoms with Crippen LogP contribution in [0.3, 0.4) is 0 Å². The molecule has 20 heavy (non-hydrogen) atoms. The number of aryl methyl sites for hydroxylation is 1. The zero-order valence-electron chi connectivity index (χ0n) is 11.9. The van der Waals surface area contributed by atoms with Gasteiger partial charge < -0.3 is 5.11 Å². The van der Waals surface area contributed by atoms with Crippen LogP contribution in [0.15, 0.2) is 10.3 Å². The van der Waals surface area contributed by atoms with Gasteiger partial charge >= 0.3 is 0 Å². The average Bonchev–Trinajstić information content (AvgIpc) is 3.05. The number of likely N-dealkylation sites (tertiary alicyclic amines) is 1. The topological polar surface area (TPSA) is 69.6 Å². The van der Waals surface area contributed by atoms with Gasteiger partial charge in [-0.15, -0.1) is 11.3 Å². The molecule has 7 heteroatoms. The summed E-state index contributed by atoms with van der Waals surface area (Å²) in [6, 6.07) is 1.84. The second-order valence-corrected chi connectivity index (χ2v) is 8.40. The summed E-state index contributed by atoms with van der Waals surface area (Å²) in [5, 5.41) is 9.15. The Kier molecular flexibility index (Phi) is 5.19. The molecular formula is C13H22N2O3S2. The van der Waals surface area contributed by atoms with Crippen LogP contribution in [0.2, 0.25) is 0 Å². The van der Waals surface area contributed by atoms with E-state index in [0.29, 0.717) is 11.4 Å². The molecule has 0 amide bonds. The number of aliphatic hydroxyl groups is 1. The Bertz CT molecular complexity index is 548. The van der Waals surface area contributed by atoms with E-state index in [1.54, 1.807) is 6.07 Å². The lowest BCUT2D eigenvalue weighted by Gasteiger charge is -2.23. The van der Waals surface area contributed by atoms with Crippen molar-refractivity contribution in [3.8, 4) is 0 Å². The maximum atomic E-state index is 12.2. The molecule has 0 spiro atoms. The molecule has 2 heterocycles. The van der Waals surface area contributed by atoms with E-state index in [1.165, 1.54) is 12.8 Å². The van der Waals surface area contributed by atoms with Gasteiger partial charge in [0.15, 0.2) is 0 Å². The Morgan fingerprint density at radius 1 is 1.45 bits per heavy atom. The molecule has 2 rings (SSSR count). The number of hydrogen-bond acceptors (Lipinski definition) is 5. The van der Waals surface area contributed by atoms with Crippen molar-refractivity contribution < 1.29 is 13.5 Å². The van der Waals surface area contributed by atoms with Crippen LogP contribution in [0.5, 0.6) is 0 Å². The molecule has 0 aromatic carbocycles. The smallest absolute Gasteiger partial charge is 0.250 e. The van der Waals surface area contributed by atoms with Crippen LogP contribution in [0.4, 0.5) is 0 Å². The second-order valence-electron chi connectivity index (χ2n) is 5.27. The molecule has 1 aliphatic rings. The summed E-state index contributed by atoms with van der Waals surface area (Å²) in [5.41, 5.74) is 0.825. The van der Waals surface area contributed by atoms with E-state index in [-0.39, 0.29) is 16.9 Å². The molecule has 1 unspecified atom stereocenters. The highest BCUT2D eigenvalue weighted by molar-refractivity contribution is 7.91. The van der Waals surface area contributed by atoms with Crippen LogP contribution < -0.4 is 4.72 Å². The van der Waals surface area contributed by atoms with Gasteiger partial charge in [0.05, 0.1) is 6.61 Å². The van der Waals surface area contributed by atoms with Crippen molar-refractivity contribution in [1.82, 2.24) is 9.62 Å². The van der Waals surface area contributed by atoms with Gasteiger partial charge in [0, 0.05) is 17.5 Å². The third-order valence-corrected chi connectivity index (χ3v) is 6.86. The van der Waals surface area contributed by atoms with E-state index in [0.717, 1.165) is 30.0 Å². The standard InChI is InChI=1S/C13H22N2O3S2/c1-10-7-13(19-12(10)9-16)20(17,18)14-8-11(2)15-5-3-4-6-15/h7,11,14,16H,3-6,8-9H2,1-2H3. The Morgan fingerprint density at radius 3 is 2.65 bits per heavy atom. The summed E-state index contributed by atoms with van der Waals surface area (Å²) in [6.45, 7) is 6.27. The minimum Gasteiger partial charge on any atom is -0.391 e. The van der Waals surface area contributed by atoms with E-state index < -0.39 is 10.0 Å². The van der Waals surface area contributed by atoms with Crippen LogP contribution in [0.1, 0.15) is 30.2 Å². The number of sulfonamides is 1. The molecule has 0 bridgehead atoms. The summed E-state index contributed by atoms with van der Waals surface area (Å²) in [6.07, 6.45) is 2.39. The van der Waals surface area contributed by atoms with Gasteiger partial charge in [-0.25, -0.2) is 13.1 Å². The molecule has 1 aliphatic heterocycles. The second kappa shape index (κ2) is 6.53. The Labute approximate surface area is 124 Å². The number of rotatable bonds is 6. The fourth-order valence-electron chi connectivity index (χ4n) is 2.39. The van der Waals surface area contributed by atoms with Crippen LogP contribution in [-0.4, -0.2) is 44.1 Å². The highest BCUT2D eigenvalue weighted by atomic mass is 32.2. The van der Waals surface area contributed by atoms with Crippen molar-refractivity contribution in [1.29, 1.82) is 0 Å². The predicted octanol–water partition coefficient (Wildman–Crippen LogP) is 1.31. The summed E-state index contributed by atoms with van der Waals surface area (Å²) in [7, 11) is -3.47. The third-order valence-electron chi connectivity index (χ3n) is 3.74. The minimum atomic E-state index is -3.47. The molecular weight excluding hydrogens is 296 g/mol. The Balaban J connectivity index is 1.99. The molecule has 1 aromatic rings. The molecule has 1 fully saturated rings. The van der Waals surface area contributed by atoms with Crippen molar-refractivity contribution >= 4 is 21.4 Å². The van der Waals surface area contributed by atoms with Gasteiger partial charge in [0.25, 0.3) is 0 Å². The number of hydrogen-bond donors (Lipinski definition) is 2.